The van der Waals surface area contributed by atoms with E-state index in [1.165, 1.54) is 20.8 Å². The van der Waals surface area contributed by atoms with Gasteiger partial charge in [0.25, 0.3) is 0 Å². The number of hydrogen-bond acceptors (Lipinski definition) is 8. The van der Waals surface area contributed by atoms with Crippen LogP contribution in [-0.4, -0.2) is 48.3 Å². The summed E-state index contributed by atoms with van der Waals surface area (Å²) in [5, 5.41) is 0. The van der Waals surface area contributed by atoms with Gasteiger partial charge in [-0.25, -0.2) is 0 Å². The van der Waals surface area contributed by atoms with Crippen LogP contribution < -0.4 is 0 Å². The van der Waals surface area contributed by atoms with Crippen molar-refractivity contribution in [3.63, 3.8) is 0 Å². The van der Waals surface area contributed by atoms with Crippen molar-refractivity contribution in [2.24, 2.45) is 0 Å². The van der Waals surface area contributed by atoms with Gasteiger partial charge in [-0.2, -0.15) is 0 Å². The summed E-state index contributed by atoms with van der Waals surface area (Å²) >= 11 is 4.18. The molecule has 1 saturated heterocycles. The van der Waals surface area contributed by atoms with Gasteiger partial charge in [0.2, 0.25) is 0 Å². The standard InChI is InChI=1S/C12H18O7S/c1-6(13)16-5-10-12(18-8(3)15)9(17-7(2)14)4-11(20)19-10/h9-12,20H,4-5H2,1-3H3/t9-,10-,11?,12+/m1/s1. The summed E-state index contributed by atoms with van der Waals surface area (Å²) in [5.74, 6) is -1.53. The highest BCUT2D eigenvalue weighted by Crippen LogP contribution is 2.27. The lowest BCUT2D eigenvalue weighted by molar-refractivity contribution is -0.204. The summed E-state index contributed by atoms with van der Waals surface area (Å²) < 4.78 is 20.6. The largest absolute Gasteiger partial charge is 0.463 e. The van der Waals surface area contributed by atoms with Crippen LogP contribution in [0.1, 0.15) is 27.2 Å². The highest BCUT2D eigenvalue weighted by molar-refractivity contribution is 7.80. The van der Waals surface area contributed by atoms with Gasteiger partial charge in [0.05, 0.1) is 0 Å². The third kappa shape index (κ3) is 5.38. The molecule has 0 aromatic heterocycles. The van der Waals surface area contributed by atoms with Crippen molar-refractivity contribution < 1.29 is 33.3 Å². The highest BCUT2D eigenvalue weighted by atomic mass is 32.1. The van der Waals surface area contributed by atoms with Gasteiger partial charge in [-0.05, 0) is 0 Å². The van der Waals surface area contributed by atoms with Gasteiger partial charge in [-0.15, -0.1) is 12.6 Å². The molecule has 1 fully saturated rings. The third-order valence-electron chi connectivity index (χ3n) is 2.57. The average Bonchev–Trinajstić information content (AvgIpc) is 2.28. The Labute approximate surface area is 122 Å². The van der Waals surface area contributed by atoms with Crippen molar-refractivity contribution in [1.29, 1.82) is 0 Å². The van der Waals surface area contributed by atoms with Gasteiger partial charge in [-0.1, -0.05) is 0 Å². The lowest BCUT2D eigenvalue weighted by Crippen LogP contribution is -2.52. The second-order valence-electron chi connectivity index (χ2n) is 4.39. The second-order valence-corrected chi connectivity index (χ2v) is 4.97. The van der Waals surface area contributed by atoms with Gasteiger partial charge in [0.1, 0.15) is 24.3 Å². The normalized spacial score (nSPS) is 29.4. The third-order valence-corrected chi connectivity index (χ3v) is 2.90. The van der Waals surface area contributed by atoms with Gasteiger partial charge in [0.15, 0.2) is 6.10 Å². The van der Waals surface area contributed by atoms with Crippen molar-refractivity contribution in [3.8, 4) is 0 Å². The Kier molecular flexibility index (Phi) is 6.28. The Morgan fingerprint density at radius 2 is 1.70 bits per heavy atom. The molecule has 0 aromatic carbocycles. The van der Waals surface area contributed by atoms with E-state index in [9.17, 15) is 14.4 Å². The fourth-order valence-electron chi connectivity index (χ4n) is 1.91. The number of hydrogen-bond donors (Lipinski definition) is 1. The number of thiol groups is 1. The van der Waals surface area contributed by atoms with Crippen LogP contribution in [0, 0.1) is 0 Å². The fraction of sp³-hybridized carbons (Fsp3) is 0.750. The molecule has 1 heterocycles. The summed E-state index contributed by atoms with van der Waals surface area (Å²) in [7, 11) is 0. The van der Waals surface area contributed by atoms with Crippen LogP contribution in [0.25, 0.3) is 0 Å². The Hall–Kier alpha value is -1.28. The minimum absolute atomic E-state index is 0.109. The summed E-state index contributed by atoms with van der Waals surface area (Å²) in [5.41, 5.74) is -0.508. The van der Waals surface area contributed by atoms with Crippen LogP contribution >= 0.6 is 12.6 Å². The smallest absolute Gasteiger partial charge is 0.303 e. The van der Waals surface area contributed by atoms with E-state index in [4.69, 9.17) is 18.9 Å². The molecule has 0 aromatic rings. The van der Waals surface area contributed by atoms with Crippen molar-refractivity contribution in [2.75, 3.05) is 6.61 Å². The Morgan fingerprint density at radius 3 is 2.20 bits per heavy atom. The Balaban J connectivity index is 2.82. The summed E-state index contributed by atoms with van der Waals surface area (Å²) in [4.78, 5) is 33.1. The molecule has 0 radical (unpaired) electrons. The van der Waals surface area contributed by atoms with Crippen molar-refractivity contribution in [1.82, 2.24) is 0 Å². The first-order valence-electron chi connectivity index (χ1n) is 6.11. The molecule has 1 aliphatic rings. The van der Waals surface area contributed by atoms with E-state index in [-0.39, 0.29) is 13.0 Å². The monoisotopic (exact) mass is 306 g/mol. The van der Waals surface area contributed by atoms with E-state index < -0.39 is 41.7 Å². The molecular weight excluding hydrogens is 288 g/mol. The molecule has 0 amide bonds. The number of carbonyl (C=O) groups is 3. The maximum atomic E-state index is 11.2. The molecule has 114 valence electrons. The zero-order valence-corrected chi connectivity index (χ0v) is 12.4. The Morgan fingerprint density at radius 1 is 1.10 bits per heavy atom. The van der Waals surface area contributed by atoms with E-state index >= 15 is 0 Å². The van der Waals surface area contributed by atoms with Gasteiger partial charge < -0.3 is 18.9 Å². The maximum absolute atomic E-state index is 11.2. The molecule has 0 aliphatic carbocycles. The van der Waals surface area contributed by atoms with Crippen LogP contribution in [0.15, 0.2) is 0 Å². The van der Waals surface area contributed by atoms with E-state index in [1.54, 1.807) is 0 Å². The topological polar surface area (TPSA) is 88.1 Å². The van der Waals surface area contributed by atoms with E-state index in [0.29, 0.717) is 0 Å². The lowest BCUT2D eigenvalue weighted by atomic mass is 10.0. The molecule has 7 nitrogen and oxygen atoms in total. The van der Waals surface area contributed by atoms with Gasteiger partial charge in [-0.3, -0.25) is 14.4 Å². The first kappa shape index (κ1) is 16.8. The van der Waals surface area contributed by atoms with Crippen molar-refractivity contribution in [3.05, 3.63) is 0 Å². The molecule has 0 N–H and O–H groups in total. The number of esters is 3. The van der Waals surface area contributed by atoms with Crippen LogP contribution in [0.4, 0.5) is 0 Å². The van der Waals surface area contributed by atoms with E-state index in [1.807, 2.05) is 0 Å². The van der Waals surface area contributed by atoms with E-state index in [2.05, 4.69) is 12.6 Å². The zero-order valence-electron chi connectivity index (χ0n) is 11.5. The van der Waals surface area contributed by atoms with Crippen LogP contribution in [0.2, 0.25) is 0 Å². The minimum atomic E-state index is -0.834. The minimum Gasteiger partial charge on any atom is -0.463 e. The van der Waals surface area contributed by atoms with Crippen LogP contribution in [0.3, 0.4) is 0 Å². The Bertz CT molecular complexity index is 384. The first-order valence-corrected chi connectivity index (χ1v) is 6.62. The van der Waals surface area contributed by atoms with Crippen molar-refractivity contribution in [2.45, 2.75) is 50.9 Å². The molecule has 1 unspecified atom stereocenters. The first-order chi connectivity index (χ1) is 9.29. The number of carbonyl (C=O) groups excluding carboxylic acids is 3. The molecule has 0 bridgehead atoms. The van der Waals surface area contributed by atoms with Gasteiger partial charge >= 0.3 is 17.9 Å². The summed E-state index contributed by atoms with van der Waals surface area (Å²) in [6.07, 6.45) is -1.98. The predicted octanol–water partition coefficient (Wildman–Crippen LogP) is 0.458. The van der Waals surface area contributed by atoms with Crippen LogP contribution in [-0.2, 0) is 33.3 Å². The number of rotatable bonds is 4. The lowest BCUT2D eigenvalue weighted by Gasteiger charge is -2.38. The van der Waals surface area contributed by atoms with Crippen LogP contribution in [0.5, 0.6) is 0 Å². The quantitative estimate of drug-likeness (QED) is 0.458. The average molecular weight is 306 g/mol. The highest BCUT2D eigenvalue weighted by Gasteiger charge is 2.42. The molecule has 0 saturated carbocycles. The molecule has 8 heteroatoms. The molecule has 4 atom stereocenters. The molecule has 1 aliphatic heterocycles. The SMILES string of the molecule is CC(=O)OC[C@H]1OC(S)C[C@@H](OC(C)=O)[C@@H]1OC(C)=O. The van der Waals surface area contributed by atoms with Gasteiger partial charge in [0, 0.05) is 27.2 Å². The summed E-state index contributed by atoms with van der Waals surface area (Å²) in [6.45, 7) is 3.64. The van der Waals surface area contributed by atoms with E-state index in [0.717, 1.165) is 0 Å². The number of ether oxygens (including phenoxy) is 4. The second kappa shape index (κ2) is 7.49. The molecule has 0 spiro atoms. The fourth-order valence-corrected chi connectivity index (χ4v) is 2.28. The molecule has 20 heavy (non-hydrogen) atoms. The molecule has 1 rings (SSSR count). The van der Waals surface area contributed by atoms with Crippen molar-refractivity contribution >= 4 is 30.5 Å². The maximum Gasteiger partial charge on any atom is 0.303 e. The molecular formula is C12H18O7S. The summed E-state index contributed by atoms with van der Waals surface area (Å²) in [6, 6.07) is 0. The predicted molar refractivity (Wildman–Crippen MR) is 70.0 cm³/mol. The zero-order chi connectivity index (χ0) is 15.3.